The smallest absolute Gasteiger partial charge is 0.123 e. The van der Waals surface area contributed by atoms with Crippen molar-refractivity contribution in [2.45, 2.75) is 51.3 Å². The zero-order valence-corrected chi connectivity index (χ0v) is 15.3. The number of aliphatic hydroxyl groups excluding tert-OH is 1. The van der Waals surface area contributed by atoms with Gasteiger partial charge < -0.3 is 9.84 Å². The van der Waals surface area contributed by atoms with E-state index >= 15 is 0 Å². The Balaban J connectivity index is 1.50. The van der Waals surface area contributed by atoms with Gasteiger partial charge in [-0.25, -0.2) is 0 Å². The van der Waals surface area contributed by atoms with Crippen molar-refractivity contribution in [1.29, 1.82) is 0 Å². The summed E-state index contributed by atoms with van der Waals surface area (Å²) in [4.78, 5) is 6.60. The highest BCUT2D eigenvalue weighted by Crippen LogP contribution is 2.36. The lowest BCUT2D eigenvalue weighted by Crippen LogP contribution is -2.25. The van der Waals surface area contributed by atoms with Gasteiger partial charge in [0, 0.05) is 37.6 Å². The first kappa shape index (κ1) is 17.5. The van der Waals surface area contributed by atoms with Crippen LogP contribution in [0.4, 0.5) is 0 Å². The maximum absolute atomic E-state index is 10.9. The minimum Gasteiger partial charge on any atom is -0.492 e. The fraction of sp³-hybridized carbons (Fsp3) is 0.500. The Bertz CT molecular complexity index is 713. The van der Waals surface area contributed by atoms with Crippen LogP contribution in [0.3, 0.4) is 0 Å². The van der Waals surface area contributed by atoms with Crippen molar-refractivity contribution in [2.75, 3.05) is 13.2 Å². The van der Waals surface area contributed by atoms with Gasteiger partial charge in [0.15, 0.2) is 0 Å². The number of rotatable bonds is 4. The van der Waals surface area contributed by atoms with E-state index in [-0.39, 0.29) is 6.10 Å². The Kier molecular flexibility index (Phi) is 5.51. The Labute approximate surface area is 155 Å². The Hall–Kier alpha value is -1.91. The predicted octanol–water partition coefficient (Wildman–Crippen LogP) is 4.09. The third-order valence-corrected chi connectivity index (χ3v) is 5.71. The largest absolute Gasteiger partial charge is 0.492 e. The van der Waals surface area contributed by atoms with E-state index in [0.29, 0.717) is 12.5 Å². The van der Waals surface area contributed by atoms with Crippen LogP contribution < -0.4 is 4.74 Å². The van der Waals surface area contributed by atoms with Gasteiger partial charge in [-0.1, -0.05) is 31.4 Å². The number of nitrogens with zero attached hydrogens (tertiary/aromatic N) is 2. The van der Waals surface area contributed by atoms with Gasteiger partial charge in [-0.05, 0) is 48.1 Å². The zero-order valence-electron chi connectivity index (χ0n) is 15.3. The summed E-state index contributed by atoms with van der Waals surface area (Å²) in [5, 5.41) is 10.9. The lowest BCUT2D eigenvalue weighted by molar-refractivity contribution is 0.0847. The highest BCUT2D eigenvalue weighted by molar-refractivity contribution is 5.39. The molecule has 4 rings (SSSR count). The van der Waals surface area contributed by atoms with Crippen molar-refractivity contribution in [3.63, 3.8) is 0 Å². The van der Waals surface area contributed by atoms with Crippen molar-refractivity contribution in [1.82, 2.24) is 9.88 Å². The molecule has 1 atom stereocenters. The third kappa shape index (κ3) is 4.08. The number of ether oxygens (including phenoxy) is 1. The molecule has 0 spiro atoms. The van der Waals surface area contributed by atoms with Crippen LogP contribution in [0.15, 0.2) is 42.7 Å². The summed E-state index contributed by atoms with van der Waals surface area (Å²) in [6.45, 7) is 3.30. The fourth-order valence-corrected chi connectivity index (χ4v) is 4.26. The van der Waals surface area contributed by atoms with E-state index in [9.17, 15) is 5.11 Å². The average molecular weight is 352 g/mol. The van der Waals surface area contributed by atoms with Gasteiger partial charge in [-0.15, -0.1) is 0 Å². The maximum Gasteiger partial charge on any atom is 0.123 e. The van der Waals surface area contributed by atoms with Crippen LogP contribution in [-0.4, -0.2) is 28.1 Å². The Morgan fingerprint density at radius 2 is 2.08 bits per heavy atom. The average Bonchev–Trinajstić information content (AvgIpc) is 2.90. The van der Waals surface area contributed by atoms with Crippen LogP contribution in [0.5, 0.6) is 5.75 Å². The van der Waals surface area contributed by atoms with Gasteiger partial charge >= 0.3 is 0 Å². The van der Waals surface area contributed by atoms with Crippen molar-refractivity contribution in [3.05, 3.63) is 59.4 Å². The molecule has 0 unspecified atom stereocenters. The standard InChI is InChI=1S/C22H28N2O2/c25-22(18-6-2-1-3-7-18)19-8-9-21-20(13-19)16-24(11-12-26-21)15-17-5-4-10-23-14-17/h4-5,8-10,13-14,18,22,25H,1-3,6-7,11-12,15-16H2/t22-/m1/s1. The van der Waals surface area contributed by atoms with Gasteiger partial charge in [0.1, 0.15) is 12.4 Å². The molecule has 138 valence electrons. The van der Waals surface area contributed by atoms with Crippen molar-refractivity contribution in [2.24, 2.45) is 5.92 Å². The van der Waals surface area contributed by atoms with Gasteiger partial charge in [-0.3, -0.25) is 9.88 Å². The first-order valence-electron chi connectivity index (χ1n) is 9.84. The van der Waals surface area contributed by atoms with Crippen LogP contribution in [0.25, 0.3) is 0 Å². The molecule has 4 nitrogen and oxygen atoms in total. The number of aromatic nitrogens is 1. The topological polar surface area (TPSA) is 45.6 Å². The van der Waals surface area contributed by atoms with E-state index in [4.69, 9.17) is 4.74 Å². The van der Waals surface area contributed by atoms with E-state index in [1.807, 2.05) is 24.5 Å². The second-order valence-electron chi connectivity index (χ2n) is 7.63. The number of fused-ring (bicyclic) bond motifs is 1. The molecule has 1 aliphatic heterocycles. The van der Waals surface area contributed by atoms with Crippen LogP contribution in [0, 0.1) is 5.92 Å². The fourth-order valence-electron chi connectivity index (χ4n) is 4.26. The molecule has 1 fully saturated rings. The Morgan fingerprint density at radius 3 is 2.88 bits per heavy atom. The molecule has 2 heterocycles. The molecular weight excluding hydrogens is 324 g/mol. The molecule has 1 aromatic carbocycles. The highest BCUT2D eigenvalue weighted by Gasteiger charge is 2.24. The molecule has 0 bridgehead atoms. The number of hydrogen-bond acceptors (Lipinski definition) is 4. The van der Waals surface area contributed by atoms with Crippen LogP contribution >= 0.6 is 0 Å². The number of benzene rings is 1. The molecule has 0 saturated heterocycles. The molecule has 0 radical (unpaired) electrons. The first-order chi connectivity index (χ1) is 12.8. The number of pyridine rings is 1. The van der Waals surface area contributed by atoms with E-state index in [1.165, 1.54) is 30.4 Å². The minimum absolute atomic E-state index is 0.351. The van der Waals surface area contributed by atoms with Crippen molar-refractivity contribution in [3.8, 4) is 5.75 Å². The summed E-state index contributed by atoms with van der Waals surface area (Å²) in [5.41, 5.74) is 3.44. The molecule has 2 aromatic rings. The van der Waals surface area contributed by atoms with E-state index in [0.717, 1.165) is 43.8 Å². The van der Waals surface area contributed by atoms with E-state index in [1.54, 1.807) is 0 Å². The quantitative estimate of drug-likeness (QED) is 0.900. The van der Waals surface area contributed by atoms with Gasteiger partial charge in [0.05, 0.1) is 6.10 Å². The molecular formula is C22H28N2O2. The summed E-state index contributed by atoms with van der Waals surface area (Å²) in [7, 11) is 0. The molecule has 1 aliphatic carbocycles. The van der Waals surface area contributed by atoms with Crippen LogP contribution in [0.2, 0.25) is 0 Å². The Morgan fingerprint density at radius 1 is 1.19 bits per heavy atom. The molecule has 4 heteroatoms. The van der Waals surface area contributed by atoms with E-state index in [2.05, 4.69) is 28.1 Å². The summed E-state index contributed by atoms with van der Waals surface area (Å²) in [5.74, 6) is 1.36. The second kappa shape index (κ2) is 8.19. The highest BCUT2D eigenvalue weighted by atomic mass is 16.5. The zero-order chi connectivity index (χ0) is 17.8. The maximum atomic E-state index is 10.9. The molecule has 1 N–H and O–H groups in total. The lowest BCUT2D eigenvalue weighted by atomic mass is 9.82. The molecule has 2 aliphatic rings. The number of hydrogen-bond donors (Lipinski definition) is 1. The molecule has 0 amide bonds. The molecule has 1 saturated carbocycles. The molecule has 1 aromatic heterocycles. The minimum atomic E-state index is -0.351. The second-order valence-corrected chi connectivity index (χ2v) is 7.63. The van der Waals surface area contributed by atoms with Gasteiger partial charge in [-0.2, -0.15) is 0 Å². The molecule has 26 heavy (non-hydrogen) atoms. The monoisotopic (exact) mass is 352 g/mol. The van der Waals surface area contributed by atoms with E-state index < -0.39 is 0 Å². The summed E-state index contributed by atoms with van der Waals surface area (Å²) >= 11 is 0. The SMILES string of the molecule is O[C@@H](c1ccc2c(c1)CN(Cc1cccnc1)CCO2)C1CCCCC1. The van der Waals surface area contributed by atoms with Crippen LogP contribution in [0.1, 0.15) is 54.9 Å². The summed E-state index contributed by atoms with van der Waals surface area (Å²) in [6, 6.07) is 10.4. The first-order valence-corrected chi connectivity index (χ1v) is 9.84. The van der Waals surface area contributed by atoms with Crippen molar-refractivity contribution >= 4 is 0 Å². The van der Waals surface area contributed by atoms with Gasteiger partial charge in [0.2, 0.25) is 0 Å². The normalized spacial score (nSPS) is 20.0. The van der Waals surface area contributed by atoms with Crippen molar-refractivity contribution < 1.29 is 9.84 Å². The number of aliphatic hydroxyl groups is 1. The summed E-state index contributed by atoms with van der Waals surface area (Å²) < 4.78 is 5.96. The predicted molar refractivity (Wildman–Crippen MR) is 102 cm³/mol. The van der Waals surface area contributed by atoms with Gasteiger partial charge in [0.25, 0.3) is 0 Å². The third-order valence-electron chi connectivity index (χ3n) is 5.71. The lowest BCUT2D eigenvalue weighted by Gasteiger charge is -2.27. The summed E-state index contributed by atoms with van der Waals surface area (Å²) in [6.07, 6.45) is 9.47. The van der Waals surface area contributed by atoms with Crippen LogP contribution in [-0.2, 0) is 13.1 Å².